The molecule has 3 N–H and O–H groups in total. The van der Waals surface area contributed by atoms with Crippen molar-refractivity contribution in [3.63, 3.8) is 0 Å². The summed E-state index contributed by atoms with van der Waals surface area (Å²) < 4.78 is 5.61. The molecule has 0 amide bonds. The number of para-hydroxylation sites is 1. The third-order valence-corrected chi connectivity index (χ3v) is 2.48. The minimum atomic E-state index is -0.0653. The van der Waals surface area contributed by atoms with Crippen molar-refractivity contribution in [1.29, 1.82) is 0 Å². The number of rotatable bonds is 3. The van der Waals surface area contributed by atoms with E-state index in [9.17, 15) is 5.11 Å². The highest BCUT2D eigenvalue weighted by atomic mass is 16.5. The topological polar surface area (TPSA) is 68.4 Å². The van der Waals surface area contributed by atoms with E-state index in [0.717, 1.165) is 11.1 Å². The van der Waals surface area contributed by atoms with Gasteiger partial charge in [-0.2, -0.15) is 0 Å². The molecule has 0 saturated carbocycles. The van der Waals surface area contributed by atoms with Crippen molar-refractivity contribution >= 4 is 5.69 Å². The maximum Gasteiger partial charge on any atom is 0.219 e. The molecule has 0 aliphatic heterocycles. The highest BCUT2D eigenvalue weighted by Crippen LogP contribution is 2.25. The van der Waals surface area contributed by atoms with Crippen molar-refractivity contribution in [3.05, 3.63) is 47.7 Å². The van der Waals surface area contributed by atoms with Gasteiger partial charge in [-0.3, -0.25) is 0 Å². The van der Waals surface area contributed by atoms with Crippen LogP contribution in [0.15, 0.2) is 36.5 Å². The fourth-order valence-electron chi connectivity index (χ4n) is 1.44. The van der Waals surface area contributed by atoms with Gasteiger partial charge in [-0.1, -0.05) is 18.2 Å². The van der Waals surface area contributed by atoms with Gasteiger partial charge in [0.15, 0.2) is 0 Å². The molecule has 4 nitrogen and oxygen atoms in total. The Bertz CT molecular complexity index is 527. The first-order valence-electron chi connectivity index (χ1n) is 5.29. The van der Waals surface area contributed by atoms with Gasteiger partial charge < -0.3 is 15.6 Å². The molecule has 1 aromatic carbocycles. The lowest BCUT2D eigenvalue weighted by molar-refractivity contribution is 0.276. The monoisotopic (exact) mass is 230 g/mol. The normalized spacial score (nSPS) is 10.2. The van der Waals surface area contributed by atoms with Gasteiger partial charge in [0.05, 0.1) is 18.5 Å². The van der Waals surface area contributed by atoms with Gasteiger partial charge in [-0.05, 0) is 18.6 Å². The van der Waals surface area contributed by atoms with Crippen LogP contribution in [0.5, 0.6) is 11.6 Å². The molecule has 0 fully saturated rings. The summed E-state index contributed by atoms with van der Waals surface area (Å²) in [6.07, 6.45) is 1.56. The van der Waals surface area contributed by atoms with Crippen LogP contribution < -0.4 is 10.5 Å². The third kappa shape index (κ3) is 2.54. The number of pyridine rings is 1. The van der Waals surface area contributed by atoms with Crippen LogP contribution in [0.2, 0.25) is 0 Å². The number of ether oxygens (including phenoxy) is 1. The van der Waals surface area contributed by atoms with Crippen molar-refractivity contribution in [2.45, 2.75) is 13.5 Å². The molecular formula is C13H14N2O2. The number of nitrogens with two attached hydrogens (primary N) is 1. The van der Waals surface area contributed by atoms with E-state index in [-0.39, 0.29) is 6.61 Å². The van der Waals surface area contributed by atoms with Crippen LogP contribution in [0.3, 0.4) is 0 Å². The average molecular weight is 230 g/mol. The Morgan fingerprint density at radius 3 is 2.82 bits per heavy atom. The van der Waals surface area contributed by atoms with Gasteiger partial charge >= 0.3 is 0 Å². The van der Waals surface area contributed by atoms with Crippen LogP contribution >= 0.6 is 0 Å². The highest BCUT2D eigenvalue weighted by molar-refractivity contribution is 5.46. The predicted molar refractivity (Wildman–Crippen MR) is 65.8 cm³/mol. The molecule has 0 saturated heterocycles. The van der Waals surface area contributed by atoms with Crippen molar-refractivity contribution in [2.24, 2.45) is 0 Å². The molecule has 0 spiro atoms. The van der Waals surface area contributed by atoms with E-state index in [2.05, 4.69) is 4.98 Å². The van der Waals surface area contributed by atoms with Crippen LogP contribution in [-0.4, -0.2) is 10.1 Å². The number of nitrogen functional groups attached to an aromatic ring is 1. The second kappa shape index (κ2) is 4.84. The van der Waals surface area contributed by atoms with Crippen LogP contribution in [0.4, 0.5) is 5.69 Å². The second-order valence-electron chi connectivity index (χ2n) is 3.75. The van der Waals surface area contributed by atoms with Crippen LogP contribution in [-0.2, 0) is 6.61 Å². The standard InChI is InChI=1S/C13H14N2O2/c1-9-6-13(15-7-11(9)14)17-12-5-3-2-4-10(12)8-16/h2-7,16H,8,14H2,1H3. The zero-order valence-corrected chi connectivity index (χ0v) is 9.55. The van der Waals surface area contributed by atoms with E-state index >= 15 is 0 Å². The number of hydrogen-bond acceptors (Lipinski definition) is 4. The third-order valence-electron chi connectivity index (χ3n) is 2.48. The van der Waals surface area contributed by atoms with Gasteiger partial charge in [0.1, 0.15) is 5.75 Å². The Balaban J connectivity index is 2.28. The molecule has 2 aromatic rings. The summed E-state index contributed by atoms with van der Waals surface area (Å²) in [7, 11) is 0. The van der Waals surface area contributed by atoms with Crippen LogP contribution in [0.1, 0.15) is 11.1 Å². The first kappa shape index (κ1) is 11.4. The highest BCUT2D eigenvalue weighted by Gasteiger charge is 2.05. The fraction of sp³-hybridized carbons (Fsp3) is 0.154. The lowest BCUT2D eigenvalue weighted by Crippen LogP contribution is -1.96. The number of aliphatic hydroxyl groups excluding tert-OH is 1. The smallest absolute Gasteiger partial charge is 0.219 e. The van der Waals surface area contributed by atoms with Gasteiger partial charge in [0.2, 0.25) is 5.88 Å². The molecule has 0 radical (unpaired) electrons. The van der Waals surface area contributed by atoms with E-state index in [1.165, 1.54) is 0 Å². The van der Waals surface area contributed by atoms with Crippen LogP contribution in [0.25, 0.3) is 0 Å². The first-order valence-corrected chi connectivity index (χ1v) is 5.29. The number of benzene rings is 1. The number of aryl methyl sites for hydroxylation is 1. The zero-order chi connectivity index (χ0) is 12.3. The summed E-state index contributed by atoms with van der Waals surface area (Å²) in [5.41, 5.74) is 7.95. The fourth-order valence-corrected chi connectivity index (χ4v) is 1.44. The lowest BCUT2D eigenvalue weighted by atomic mass is 10.2. The van der Waals surface area contributed by atoms with E-state index < -0.39 is 0 Å². The van der Waals surface area contributed by atoms with Crippen molar-refractivity contribution in [2.75, 3.05) is 5.73 Å². The molecule has 88 valence electrons. The lowest BCUT2D eigenvalue weighted by Gasteiger charge is -2.09. The summed E-state index contributed by atoms with van der Waals surface area (Å²) in [5.74, 6) is 1.07. The average Bonchev–Trinajstić information content (AvgIpc) is 2.34. The maximum absolute atomic E-state index is 9.17. The number of aliphatic hydroxyl groups is 1. The van der Waals surface area contributed by atoms with Gasteiger partial charge in [0.25, 0.3) is 0 Å². The Labute approximate surface area is 99.7 Å². The summed E-state index contributed by atoms with van der Waals surface area (Å²) in [6, 6.07) is 9.06. The zero-order valence-electron chi connectivity index (χ0n) is 9.55. The summed E-state index contributed by atoms with van der Waals surface area (Å²) in [4.78, 5) is 4.08. The number of hydrogen-bond donors (Lipinski definition) is 2. The largest absolute Gasteiger partial charge is 0.439 e. The van der Waals surface area contributed by atoms with E-state index in [0.29, 0.717) is 17.3 Å². The predicted octanol–water partition coefficient (Wildman–Crippen LogP) is 2.26. The second-order valence-corrected chi connectivity index (χ2v) is 3.75. The Morgan fingerprint density at radius 2 is 2.12 bits per heavy atom. The molecule has 4 heteroatoms. The molecule has 0 bridgehead atoms. The molecule has 1 aromatic heterocycles. The molecular weight excluding hydrogens is 216 g/mol. The summed E-state index contributed by atoms with van der Waals surface area (Å²) in [6.45, 7) is 1.83. The van der Waals surface area contributed by atoms with Crippen molar-refractivity contribution in [1.82, 2.24) is 4.98 Å². The van der Waals surface area contributed by atoms with Gasteiger partial charge in [-0.25, -0.2) is 4.98 Å². The number of aromatic nitrogens is 1. The number of anilines is 1. The first-order chi connectivity index (χ1) is 8.20. The number of nitrogens with zero attached hydrogens (tertiary/aromatic N) is 1. The molecule has 1 heterocycles. The van der Waals surface area contributed by atoms with E-state index in [4.69, 9.17) is 10.5 Å². The molecule has 0 aliphatic carbocycles. The van der Waals surface area contributed by atoms with Crippen LogP contribution in [0, 0.1) is 6.92 Å². The molecule has 0 unspecified atom stereocenters. The van der Waals surface area contributed by atoms with E-state index in [1.807, 2.05) is 19.1 Å². The SMILES string of the molecule is Cc1cc(Oc2ccccc2CO)ncc1N. The Morgan fingerprint density at radius 1 is 1.35 bits per heavy atom. The minimum Gasteiger partial charge on any atom is -0.439 e. The summed E-state index contributed by atoms with van der Waals surface area (Å²) >= 11 is 0. The van der Waals surface area contributed by atoms with Crippen molar-refractivity contribution < 1.29 is 9.84 Å². The maximum atomic E-state index is 9.17. The van der Waals surface area contributed by atoms with Crippen molar-refractivity contribution in [3.8, 4) is 11.6 Å². The van der Waals surface area contributed by atoms with Gasteiger partial charge in [-0.15, -0.1) is 0 Å². The molecule has 0 atom stereocenters. The van der Waals surface area contributed by atoms with Gasteiger partial charge in [0, 0.05) is 11.6 Å². The Kier molecular flexibility index (Phi) is 3.25. The van der Waals surface area contributed by atoms with E-state index in [1.54, 1.807) is 24.4 Å². The quantitative estimate of drug-likeness (QED) is 0.848. The molecule has 2 rings (SSSR count). The Hall–Kier alpha value is -2.07. The summed E-state index contributed by atoms with van der Waals surface area (Å²) in [5, 5.41) is 9.17. The molecule has 0 aliphatic rings. The molecule has 17 heavy (non-hydrogen) atoms. The minimum absolute atomic E-state index is 0.0653.